The molecule has 0 aromatic carbocycles. The van der Waals surface area contributed by atoms with Gasteiger partial charge in [0.1, 0.15) is 17.2 Å². The molecule has 0 aromatic rings. The summed E-state index contributed by atoms with van der Waals surface area (Å²) in [6, 6.07) is 0.180. The van der Waals surface area contributed by atoms with Gasteiger partial charge in [-0.25, -0.2) is 14.4 Å². The normalized spacial score (nSPS) is 26.7. The first-order valence-electron chi connectivity index (χ1n) is 12.1. The van der Waals surface area contributed by atoms with Crippen molar-refractivity contribution in [3.63, 3.8) is 0 Å². The number of hydrogen-bond acceptors (Lipinski definition) is 8. The largest absolute Gasteiger partial charge is 0.457 e. The Morgan fingerprint density at radius 1 is 0.886 bits per heavy atom. The zero-order valence-corrected chi connectivity index (χ0v) is 22.0. The van der Waals surface area contributed by atoms with Crippen molar-refractivity contribution < 1.29 is 38.2 Å². The van der Waals surface area contributed by atoms with Crippen LogP contribution < -0.4 is 0 Å². The number of ether oxygens (including phenoxy) is 3. The first-order chi connectivity index (χ1) is 16.4. The molecule has 198 valence electrons. The third kappa shape index (κ3) is 8.37. The zero-order valence-electron chi connectivity index (χ0n) is 21.2. The highest BCUT2D eigenvalue weighted by Crippen LogP contribution is 2.34. The smallest absolute Gasteiger partial charge is 0.410 e. The lowest BCUT2D eigenvalue weighted by molar-refractivity contribution is -0.132. The van der Waals surface area contributed by atoms with Gasteiger partial charge in [0, 0.05) is 61.5 Å². The number of carbonyl (C=O) groups excluding carboxylic acids is 5. The number of ketones is 2. The van der Waals surface area contributed by atoms with E-state index in [0.717, 1.165) is 25.7 Å². The number of Topliss-reactive ketones (excluding diaryl/α,β-unsaturated/α-hetero) is 2. The molecule has 35 heavy (non-hydrogen) atoms. The minimum absolute atomic E-state index is 0.0533. The molecule has 2 aliphatic carbocycles. The van der Waals surface area contributed by atoms with E-state index in [1.807, 2.05) is 20.8 Å². The van der Waals surface area contributed by atoms with E-state index < -0.39 is 11.0 Å². The van der Waals surface area contributed by atoms with E-state index in [9.17, 15) is 24.0 Å². The Kier molecular flexibility index (Phi) is 10.4. The van der Waals surface area contributed by atoms with Crippen LogP contribution in [0.3, 0.4) is 0 Å². The van der Waals surface area contributed by atoms with E-state index >= 15 is 0 Å². The molecule has 0 N–H and O–H groups in total. The summed E-state index contributed by atoms with van der Waals surface area (Å²) in [6.07, 6.45) is 4.30. The standard InChI is InChI=1S/C12H19NO3.C10H15NO3.C2H3ClO2/c1-12(2,3)16-11(15)13-7-8-4-5-9(13)6-10(8)14;1-2-14-10(13)11-6-7-3-4-8(11)5-9(7)12;1-5-2(3)4/h8-9H,4-7H2,1-3H3;7-8H,2-6H2,1H3;1H3. The molecular weight excluding hydrogens is 480 g/mol. The molecule has 0 spiro atoms. The van der Waals surface area contributed by atoms with Crippen LogP contribution in [0.25, 0.3) is 0 Å². The van der Waals surface area contributed by atoms with Crippen LogP contribution in [0, 0.1) is 11.8 Å². The Labute approximate surface area is 211 Å². The Bertz CT molecular complexity index is 812. The highest BCUT2D eigenvalue weighted by Gasteiger charge is 2.43. The molecule has 4 aliphatic heterocycles. The zero-order chi connectivity index (χ0) is 26.3. The number of nitrogens with zero attached hydrogens (tertiary/aromatic N) is 2. The predicted octanol–water partition coefficient (Wildman–Crippen LogP) is 4.16. The van der Waals surface area contributed by atoms with E-state index in [1.165, 1.54) is 7.11 Å². The van der Waals surface area contributed by atoms with Crippen molar-refractivity contribution in [3.05, 3.63) is 0 Å². The van der Waals surface area contributed by atoms with Gasteiger partial charge in [0.05, 0.1) is 13.7 Å². The summed E-state index contributed by atoms with van der Waals surface area (Å²) in [5.74, 6) is 0.764. The second kappa shape index (κ2) is 12.6. The molecule has 4 heterocycles. The van der Waals surface area contributed by atoms with E-state index in [2.05, 4.69) is 16.3 Å². The molecule has 6 fully saturated rings. The van der Waals surface area contributed by atoms with E-state index in [-0.39, 0.29) is 36.1 Å². The van der Waals surface area contributed by atoms with Gasteiger partial charge in [0.2, 0.25) is 0 Å². The lowest BCUT2D eigenvalue weighted by Gasteiger charge is -2.44. The molecule has 11 heteroatoms. The molecule has 4 atom stereocenters. The summed E-state index contributed by atoms with van der Waals surface area (Å²) in [5, 5.41) is 0. The van der Waals surface area contributed by atoms with Gasteiger partial charge in [-0.2, -0.15) is 0 Å². The maximum Gasteiger partial charge on any atom is 0.410 e. The second-order valence-electron chi connectivity index (χ2n) is 10.1. The van der Waals surface area contributed by atoms with Crippen molar-refractivity contribution >= 4 is 40.8 Å². The van der Waals surface area contributed by atoms with Crippen LogP contribution in [-0.4, -0.2) is 83.5 Å². The van der Waals surface area contributed by atoms with Gasteiger partial charge >= 0.3 is 17.6 Å². The molecule has 4 saturated heterocycles. The molecule has 6 aliphatic rings. The molecule has 0 radical (unpaired) electrons. The minimum Gasteiger partial charge on any atom is -0.457 e. The lowest BCUT2D eigenvalue weighted by Crippen LogP contribution is -2.55. The second-order valence-corrected chi connectivity index (χ2v) is 10.4. The number of methoxy groups -OCH3 is 1. The molecule has 10 nitrogen and oxygen atoms in total. The van der Waals surface area contributed by atoms with Gasteiger partial charge in [-0.05, 0) is 53.4 Å². The number of halogens is 1. The molecule has 4 bridgehead atoms. The molecule has 4 unspecified atom stereocenters. The van der Waals surface area contributed by atoms with Gasteiger partial charge < -0.3 is 24.0 Å². The van der Waals surface area contributed by atoms with Crippen molar-refractivity contribution in [2.24, 2.45) is 11.8 Å². The maximum atomic E-state index is 11.9. The molecule has 2 saturated carbocycles. The summed E-state index contributed by atoms with van der Waals surface area (Å²) >= 11 is 4.60. The van der Waals surface area contributed by atoms with Gasteiger partial charge in [-0.3, -0.25) is 9.59 Å². The van der Waals surface area contributed by atoms with Crippen LogP contribution in [0.15, 0.2) is 0 Å². The molecular formula is C24H37ClN2O8. The summed E-state index contributed by atoms with van der Waals surface area (Å²) in [7, 11) is 1.22. The first kappa shape index (κ1) is 28.9. The molecule has 2 amide bonds. The SMILES string of the molecule is CC(C)(C)OC(=O)N1CC2CCC1CC2=O.CCOC(=O)N1CC2CCC1CC2=O.COC(=O)Cl. The van der Waals surface area contributed by atoms with Crippen LogP contribution in [0.5, 0.6) is 0 Å². The highest BCUT2D eigenvalue weighted by molar-refractivity contribution is 6.61. The molecule has 6 rings (SSSR count). The van der Waals surface area contributed by atoms with Crippen molar-refractivity contribution in [1.82, 2.24) is 9.80 Å². The van der Waals surface area contributed by atoms with Crippen LogP contribution >= 0.6 is 11.6 Å². The number of hydrogen-bond donors (Lipinski definition) is 0. The fourth-order valence-corrected chi connectivity index (χ4v) is 4.78. The fourth-order valence-electron chi connectivity index (χ4n) is 4.78. The Morgan fingerprint density at radius 2 is 1.31 bits per heavy atom. The quantitative estimate of drug-likeness (QED) is 0.376. The number of fused-ring (bicyclic) bond motifs is 6. The number of amides is 2. The minimum atomic E-state index is -0.773. The van der Waals surface area contributed by atoms with Gasteiger partial charge in [-0.1, -0.05) is 0 Å². The average Bonchev–Trinajstić information content (AvgIpc) is 2.79. The topological polar surface area (TPSA) is 120 Å². The fraction of sp³-hybridized carbons (Fsp3) is 0.792. The third-order valence-electron chi connectivity index (χ3n) is 6.49. The summed E-state index contributed by atoms with van der Waals surface area (Å²) in [6.45, 7) is 8.90. The summed E-state index contributed by atoms with van der Waals surface area (Å²) < 4.78 is 14.2. The Balaban J connectivity index is 0.000000209. The Morgan fingerprint density at radius 3 is 1.60 bits per heavy atom. The van der Waals surface area contributed by atoms with Crippen LogP contribution in [0.4, 0.5) is 14.4 Å². The Hall–Kier alpha value is -2.36. The highest BCUT2D eigenvalue weighted by atomic mass is 35.5. The average molecular weight is 517 g/mol. The van der Waals surface area contributed by atoms with Gasteiger partial charge in [0.25, 0.3) is 0 Å². The van der Waals surface area contributed by atoms with E-state index in [4.69, 9.17) is 9.47 Å². The summed E-state index contributed by atoms with van der Waals surface area (Å²) in [4.78, 5) is 59.1. The van der Waals surface area contributed by atoms with E-state index in [1.54, 1.807) is 16.7 Å². The third-order valence-corrected chi connectivity index (χ3v) is 6.64. The maximum absolute atomic E-state index is 11.9. The monoisotopic (exact) mass is 516 g/mol. The van der Waals surface area contributed by atoms with Crippen LogP contribution in [0.2, 0.25) is 0 Å². The van der Waals surface area contributed by atoms with Gasteiger partial charge in [0.15, 0.2) is 0 Å². The van der Waals surface area contributed by atoms with Gasteiger partial charge in [-0.15, -0.1) is 0 Å². The van der Waals surface area contributed by atoms with Crippen LogP contribution in [-0.2, 0) is 23.8 Å². The number of rotatable bonds is 1. The van der Waals surface area contributed by atoms with Crippen molar-refractivity contribution in [2.45, 2.75) is 83.9 Å². The summed E-state index contributed by atoms with van der Waals surface area (Å²) in [5.41, 5.74) is -1.23. The number of piperidine rings is 4. The number of carbonyl (C=O) groups is 5. The lowest BCUT2D eigenvalue weighted by atomic mass is 9.79. The van der Waals surface area contributed by atoms with E-state index in [0.29, 0.717) is 44.1 Å². The first-order valence-corrected chi connectivity index (χ1v) is 12.5. The van der Waals surface area contributed by atoms with Crippen molar-refractivity contribution in [3.8, 4) is 0 Å². The van der Waals surface area contributed by atoms with Crippen molar-refractivity contribution in [1.29, 1.82) is 0 Å². The van der Waals surface area contributed by atoms with Crippen molar-refractivity contribution in [2.75, 3.05) is 26.8 Å². The predicted molar refractivity (Wildman–Crippen MR) is 127 cm³/mol. The molecule has 0 aromatic heterocycles. The van der Waals surface area contributed by atoms with Crippen LogP contribution in [0.1, 0.15) is 66.2 Å².